The molecule has 392 valence electrons. The van der Waals surface area contributed by atoms with E-state index < -0.39 is 12.9 Å². The van der Waals surface area contributed by atoms with E-state index in [0.717, 1.165) is 70.4 Å². The highest BCUT2D eigenvalue weighted by Gasteiger charge is 2.16. The number of H-pyrrole nitrogens is 2. The van der Waals surface area contributed by atoms with Crippen LogP contribution in [-0.2, 0) is 0 Å². The third kappa shape index (κ3) is 18.2. The number of hydrogen-bond donors (Lipinski definition) is 5. The highest BCUT2D eigenvalue weighted by molar-refractivity contribution is 14.1. The topological polar surface area (TPSA) is 265 Å². The zero-order valence-electron chi connectivity index (χ0n) is 40.0. The third-order valence-electron chi connectivity index (χ3n) is 9.23. The van der Waals surface area contributed by atoms with Gasteiger partial charge in [0.25, 0.3) is 0 Å². The van der Waals surface area contributed by atoms with Gasteiger partial charge in [-0.15, -0.1) is 0 Å². The number of halogens is 10. The molecule has 0 saturated heterocycles. The number of carbonyl (C=O) groups excluding carboxylic acids is 1. The number of alkyl halides is 1. The Morgan fingerprint density at radius 1 is 0.747 bits per heavy atom. The molecule has 0 saturated carbocycles. The fraction of sp³-hybridized carbons (Fsp3) is 0.196. The molecule has 18 nitrogen and oxygen atoms in total. The zero-order valence-corrected chi connectivity index (χ0v) is 53.2. The van der Waals surface area contributed by atoms with Crippen LogP contribution in [0.1, 0.15) is 69.5 Å². The fourth-order valence-corrected chi connectivity index (χ4v) is 10.0. The maximum Gasteiger partial charge on any atom is 0.488 e. The Kier molecular flexibility index (Phi) is 26.4. The van der Waals surface area contributed by atoms with Crippen LogP contribution in [0.4, 0.5) is 10.2 Å². The molecule has 0 atom stereocenters. The molecular formula is C46H42BBrCl4FI4N15O3. The van der Waals surface area contributed by atoms with Crippen LogP contribution in [0.2, 0.25) is 20.6 Å². The predicted molar refractivity (Wildman–Crippen MR) is 334 cm³/mol. The molecule has 1 aromatic carbocycles. The Balaban J connectivity index is 0.000000193. The monoisotopic (exact) mass is 1610 g/mol. The molecule has 9 heterocycles. The van der Waals surface area contributed by atoms with Crippen LogP contribution in [0, 0.1) is 31.8 Å². The van der Waals surface area contributed by atoms with Gasteiger partial charge in [0.2, 0.25) is 0 Å². The number of pyridine rings is 5. The normalized spacial score (nSPS) is 10.5. The fourth-order valence-electron chi connectivity index (χ4n) is 5.91. The summed E-state index contributed by atoms with van der Waals surface area (Å²) in [6, 6.07) is 14.9. The number of fused-ring (bicyclic) bond motifs is 4. The van der Waals surface area contributed by atoms with E-state index >= 15 is 0 Å². The van der Waals surface area contributed by atoms with Crippen molar-refractivity contribution in [2.75, 3.05) is 5.73 Å². The molecular weight excluding hydrogens is 1570 g/mol. The van der Waals surface area contributed by atoms with Gasteiger partial charge in [-0.2, -0.15) is 25.7 Å². The largest absolute Gasteiger partial charge is 0.488 e. The lowest BCUT2D eigenvalue weighted by Gasteiger charge is -2.06. The number of aromatic amines is 2. The lowest BCUT2D eigenvalue weighted by atomic mass is 9.80. The molecule has 0 spiro atoms. The van der Waals surface area contributed by atoms with Crippen molar-refractivity contribution in [1.29, 1.82) is 5.26 Å². The second-order valence-corrected chi connectivity index (χ2v) is 23.1. The minimum absolute atomic E-state index is 0.105. The molecule has 0 radical (unpaired) electrons. The van der Waals surface area contributed by atoms with E-state index in [9.17, 15) is 9.18 Å². The van der Waals surface area contributed by atoms with Crippen LogP contribution >= 0.6 is 153 Å². The molecule has 10 aromatic rings. The van der Waals surface area contributed by atoms with Crippen molar-refractivity contribution in [3.05, 3.63) is 138 Å². The summed E-state index contributed by atoms with van der Waals surface area (Å²) in [5.74, 6) is -0.110. The number of benzene rings is 1. The first kappa shape index (κ1) is 63.8. The maximum absolute atomic E-state index is 12.6. The van der Waals surface area contributed by atoms with Gasteiger partial charge in [0.1, 0.15) is 49.4 Å². The van der Waals surface area contributed by atoms with Gasteiger partial charge in [-0.3, -0.25) is 24.4 Å². The number of nitriles is 1. The van der Waals surface area contributed by atoms with E-state index in [1.807, 2.05) is 56.2 Å². The van der Waals surface area contributed by atoms with Crippen molar-refractivity contribution in [2.24, 2.45) is 0 Å². The lowest BCUT2D eigenvalue weighted by Crippen LogP contribution is -2.30. The van der Waals surface area contributed by atoms with Gasteiger partial charge in [-0.1, -0.05) is 82.2 Å². The van der Waals surface area contributed by atoms with Gasteiger partial charge in [-0.05, 0) is 166 Å². The van der Waals surface area contributed by atoms with Crippen molar-refractivity contribution >= 4 is 221 Å². The summed E-state index contributed by atoms with van der Waals surface area (Å²) >= 11 is 35.0. The average molecular weight is 1610 g/mol. The number of aldehydes is 1. The van der Waals surface area contributed by atoms with Gasteiger partial charge in [0.15, 0.2) is 6.29 Å². The van der Waals surface area contributed by atoms with E-state index in [-0.39, 0.29) is 16.2 Å². The van der Waals surface area contributed by atoms with Crippen molar-refractivity contribution in [1.82, 2.24) is 64.9 Å². The second kappa shape index (κ2) is 31.0. The Bertz CT molecular complexity index is 3430. The van der Waals surface area contributed by atoms with Crippen LogP contribution in [0.3, 0.4) is 0 Å². The Labute approximate surface area is 512 Å². The SMILES string of the molecule is CC(C)Br.CC(C)n1nc(I)c2c(Cl)nccc21.CC(C)n1nc(I)c2c(N)nccc21.Clc1nccc2[nH]ncc12.Clc1nccc2n[nH]c(I)c12.N#Cc1cc(B(O)O)ccc1F.O=Cc1c(I)ccnc1Cl. The number of rotatable bonds is 4. The number of aromatic nitrogens is 13. The van der Waals surface area contributed by atoms with E-state index in [2.05, 4.69) is 181 Å². The molecule has 0 aliphatic rings. The van der Waals surface area contributed by atoms with E-state index in [0.29, 0.717) is 50.0 Å². The summed E-state index contributed by atoms with van der Waals surface area (Å²) in [6.45, 7) is 12.5. The molecule has 0 aliphatic heterocycles. The number of nitrogen functional groups attached to an aromatic ring is 1. The van der Waals surface area contributed by atoms with E-state index in [1.165, 1.54) is 6.07 Å². The van der Waals surface area contributed by atoms with Crippen LogP contribution in [0.15, 0.2) is 85.7 Å². The number of nitrogens with one attached hydrogen (secondary N) is 2. The summed E-state index contributed by atoms with van der Waals surface area (Å²) in [4.78, 5) is 30.6. The Morgan fingerprint density at radius 2 is 1.27 bits per heavy atom. The molecule has 0 bridgehead atoms. The minimum Gasteiger partial charge on any atom is -0.423 e. The van der Waals surface area contributed by atoms with E-state index in [4.69, 9.17) is 67.4 Å². The molecule has 29 heteroatoms. The summed E-state index contributed by atoms with van der Waals surface area (Å²) in [6.07, 6.45) is 10.6. The smallest absolute Gasteiger partial charge is 0.423 e. The summed E-state index contributed by atoms with van der Waals surface area (Å²) < 4.78 is 20.2. The van der Waals surface area contributed by atoms with Gasteiger partial charge in [0.05, 0.1) is 60.9 Å². The number of carbonyl (C=O) groups is 1. The molecule has 0 aliphatic carbocycles. The summed E-state index contributed by atoms with van der Waals surface area (Å²) in [5, 5.41) is 53.5. The highest BCUT2D eigenvalue weighted by atomic mass is 127. The number of hydrogen-bond acceptors (Lipinski definition) is 14. The number of nitrogens with two attached hydrogens (primary N) is 1. The molecule has 9 aromatic heterocycles. The summed E-state index contributed by atoms with van der Waals surface area (Å²) in [5.41, 5.74) is 10.0. The van der Waals surface area contributed by atoms with Crippen molar-refractivity contribution in [3.63, 3.8) is 0 Å². The van der Waals surface area contributed by atoms with Crippen molar-refractivity contribution in [2.45, 2.75) is 58.5 Å². The Morgan fingerprint density at radius 3 is 1.80 bits per heavy atom. The average Bonchev–Trinajstić information content (AvgIpc) is 4.16. The van der Waals surface area contributed by atoms with E-state index in [1.54, 1.807) is 49.3 Å². The van der Waals surface area contributed by atoms with Crippen molar-refractivity contribution in [3.8, 4) is 6.07 Å². The predicted octanol–water partition coefficient (Wildman–Crippen LogP) is 12.6. The minimum atomic E-state index is -1.67. The quantitative estimate of drug-likeness (QED) is 0.0361. The summed E-state index contributed by atoms with van der Waals surface area (Å²) in [7, 11) is -1.67. The zero-order chi connectivity index (χ0) is 55.7. The van der Waals surface area contributed by atoms with Gasteiger partial charge in [0, 0.05) is 51.5 Å². The highest BCUT2D eigenvalue weighted by Crippen LogP contribution is 2.29. The van der Waals surface area contributed by atoms with Gasteiger partial charge in [-0.25, -0.2) is 29.3 Å². The van der Waals surface area contributed by atoms with Crippen LogP contribution in [0.25, 0.3) is 43.6 Å². The maximum atomic E-state index is 12.6. The first-order valence-corrected chi connectivity index (χ1v) is 28.3. The molecule has 0 fully saturated rings. The first-order valence-electron chi connectivity index (χ1n) is 21.5. The lowest BCUT2D eigenvalue weighted by molar-refractivity contribution is 0.112. The third-order valence-corrected chi connectivity index (χ3v) is 13.6. The first-order chi connectivity index (χ1) is 35.5. The molecule has 0 amide bonds. The molecule has 0 unspecified atom stereocenters. The number of anilines is 1. The Hall–Kier alpha value is -3.72. The molecule has 6 N–H and O–H groups in total. The second-order valence-electron chi connectivity index (χ2n) is 15.6. The molecule has 10 rings (SSSR count). The van der Waals surface area contributed by atoms with Crippen LogP contribution in [-0.4, -0.2) is 93.2 Å². The molecule has 75 heavy (non-hydrogen) atoms. The standard InChI is InChI=1S/C9H9ClIN3.C9H11IN4.C7H5BFNO2.C6H3ClIN3.C6H3ClINO.C6H4ClN3.C3H7Br/c1-5(2)14-6-3-4-12-8(10)7(6)9(11)13-14;1-5(2)14-6-3-4-12-9(11)7(6)8(10)13-14;9-7-2-1-6(8(11)12)3-5(7)4-10;7-5-4-3(1-2-9-5)10-11-6(4)8;7-6-4(3-10)5(8)1-2-9-6;7-6-4-3-9-10-5(4)1-2-8-6;1-3(2)4/h3-5H,1-2H3;3-5H,1-2H3,(H2,11,12);1-3,11-12H;1-2H,(H,10,11);1-3H;1-3H,(H,9,10);3H,1-2H3. The number of nitrogens with zero attached hydrogens (tertiary/aromatic N) is 12. The van der Waals surface area contributed by atoms with Gasteiger partial charge < -0.3 is 15.8 Å². The van der Waals surface area contributed by atoms with Crippen LogP contribution < -0.4 is 11.2 Å². The van der Waals surface area contributed by atoms with Gasteiger partial charge >= 0.3 is 7.12 Å². The van der Waals surface area contributed by atoms with Crippen molar-refractivity contribution < 1.29 is 19.2 Å². The van der Waals surface area contributed by atoms with Crippen LogP contribution in [0.5, 0.6) is 0 Å².